The molecule has 554 valence electrons. The molecule has 2 aliphatic rings. The fraction of sp³-hybridized carbons (Fsp3) is 0.264. The Hall–Kier alpha value is -10.0. The summed E-state index contributed by atoms with van der Waals surface area (Å²) in [4.78, 5) is 5.57. The maximum Gasteiger partial charge on any atom is 0.252 e. The lowest BCUT2D eigenvalue weighted by Crippen LogP contribution is -2.61. The lowest BCUT2D eigenvalue weighted by atomic mass is 9.33. The van der Waals surface area contributed by atoms with Gasteiger partial charge in [-0.15, -0.1) is 22.7 Å². The third-order valence-electron chi connectivity index (χ3n) is 23.8. The fourth-order valence-corrected chi connectivity index (χ4v) is 19.3. The summed E-state index contributed by atoms with van der Waals surface area (Å²) in [6.45, 7) is 49.5. The number of fused-ring (bicyclic) bond motifs is 10. The van der Waals surface area contributed by atoms with Gasteiger partial charge in [0.25, 0.3) is 6.71 Å². The van der Waals surface area contributed by atoms with Crippen LogP contribution in [0.4, 0.5) is 34.1 Å². The van der Waals surface area contributed by atoms with Crippen LogP contribution in [0.1, 0.15) is 184 Å². The van der Waals surface area contributed by atoms with Crippen LogP contribution in [0.5, 0.6) is 0 Å². The Bertz CT molecular complexity index is 5660. The molecule has 0 N–H and O–H groups in total. The van der Waals surface area contributed by atoms with E-state index < -0.39 is 0 Å². The molecule has 13 aromatic carbocycles. The van der Waals surface area contributed by atoms with Gasteiger partial charge in [-0.05, 0) is 223 Å². The SMILES string of the molecule is CC(C)(C)c1cc(-c2ccc3sc4cc5c(cc4c3c2)N(c2c(-c3ccccc3)cc(C(C)(C)C)cc2-c2ccccc2)c2cc(C(C)(C)C)cc3c2B5c2cc4sc5ccc(-c6cc(C(C)(C)C)cc(C(C)(C)C)c6)cc5c4cc2N3c2c(-c3ccccc3)cc(C(C)(C)C)cc2-c2ccccc2)cc(C(C)(C)C)c1. The second-order valence-electron chi connectivity index (χ2n) is 39.1. The Morgan fingerprint density at radius 1 is 0.216 bits per heavy atom. The molecular formula is C106H105BN2S2. The van der Waals surface area contributed by atoms with Crippen LogP contribution in [-0.4, -0.2) is 6.71 Å². The van der Waals surface area contributed by atoms with Crippen LogP contribution in [0.25, 0.3) is 107 Å². The van der Waals surface area contributed by atoms with Gasteiger partial charge in [0, 0.05) is 85.3 Å². The van der Waals surface area contributed by atoms with Crippen LogP contribution in [-0.2, 0) is 37.9 Å². The quantitative estimate of drug-likeness (QED) is 0.140. The maximum absolute atomic E-state index is 2.79. The standard InChI is InChI=1S/C106H105BN2S2/c1-100(2,3)72-46-70(47-73(52-72)101(4,5)6)68-42-44-93-83(50-68)85-60-89-87(62-95(85)110-93)107-88-63-96-86(84-51-69(43-45-94(84)111-96)71-48-74(102(7,8)9)53-75(49-71)103(10,11)12)61-90(88)109(99-81(66-38-30-24-31-39-66)56-77(105(16,17)18)57-82(99)67-40-32-25-33-41-67)92-59-78(106(19,20)21)58-91(97(92)107)108(89)98-79(64-34-26-22-27-35-64)54-76(104(13,14)15)55-80(98)65-36-28-23-29-37-65/h22-63H,1-21H3. The van der Waals surface area contributed by atoms with E-state index in [4.69, 9.17) is 0 Å². The van der Waals surface area contributed by atoms with Gasteiger partial charge >= 0.3 is 0 Å². The van der Waals surface area contributed by atoms with Gasteiger partial charge < -0.3 is 9.80 Å². The van der Waals surface area contributed by atoms with Crippen LogP contribution >= 0.6 is 22.7 Å². The molecule has 4 heterocycles. The Balaban J connectivity index is 1.05. The molecule has 5 heteroatoms. The molecule has 0 aliphatic carbocycles. The van der Waals surface area contributed by atoms with Gasteiger partial charge in [0.15, 0.2) is 0 Å². The van der Waals surface area contributed by atoms with E-state index in [-0.39, 0.29) is 44.6 Å². The lowest BCUT2D eigenvalue weighted by Gasteiger charge is -2.46. The average molecular weight is 1480 g/mol. The average Bonchev–Trinajstić information content (AvgIpc) is 1.59. The first-order valence-corrected chi connectivity index (χ1v) is 41.8. The minimum absolute atomic E-state index is 0.0365. The number of benzene rings is 13. The highest BCUT2D eigenvalue weighted by molar-refractivity contribution is 7.26. The van der Waals surface area contributed by atoms with Crippen molar-refractivity contribution in [3.8, 4) is 66.8 Å². The molecule has 0 radical (unpaired) electrons. The molecule has 0 spiro atoms. The molecule has 0 unspecified atom stereocenters. The molecule has 0 fully saturated rings. The second kappa shape index (κ2) is 26.3. The summed E-state index contributed by atoms with van der Waals surface area (Å²) < 4.78 is 5.13. The van der Waals surface area contributed by atoms with Gasteiger partial charge in [-0.25, -0.2) is 0 Å². The maximum atomic E-state index is 2.79. The monoisotopic (exact) mass is 1480 g/mol. The normalized spacial score (nSPS) is 13.6. The molecular weight excluding hydrogens is 1380 g/mol. The summed E-state index contributed by atoms with van der Waals surface area (Å²) in [5.74, 6) is 0. The van der Waals surface area contributed by atoms with Gasteiger partial charge in [-0.2, -0.15) is 0 Å². The van der Waals surface area contributed by atoms with E-state index in [0.29, 0.717) is 0 Å². The third kappa shape index (κ3) is 13.2. The van der Waals surface area contributed by atoms with Crippen LogP contribution in [0.3, 0.4) is 0 Å². The Kier molecular flexibility index (Phi) is 17.5. The molecule has 0 saturated carbocycles. The topological polar surface area (TPSA) is 6.48 Å². The second-order valence-corrected chi connectivity index (χ2v) is 41.3. The molecule has 17 rings (SSSR count). The third-order valence-corrected chi connectivity index (χ3v) is 26.1. The first kappa shape index (κ1) is 73.7. The van der Waals surface area contributed by atoms with E-state index in [2.05, 4.69) is 410 Å². The zero-order chi connectivity index (χ0) is 78.1. The van der Waals surface area contributed by atoms with Crippen LogP contribution in [0.15, 0.2) is 255 Å². The van der Waals surface area contributed by atoms with Crippen molar-refractivity contribution in [2.75, 3.05) is 9.80 Å². The molecule has 0 saturated heterocycles. The molecule has 0 bridgehead atoms. The molecule has 15 aromatic rings. The van der Waals surface area contributed by atoms with Crippen LogP contribution in [0.2, 0.25) is 0 Å². The summed E-state index contributed by atoms with van der Waals surface area (Å²) in [7, 11) is 0. The molecule has 2 nitrogen and oxygen atoms in total. The van der Waals surface area contributed by atoms with Crippen molar-refractivity contribution < 1.29 is 0 Å². The van der Waals surface area contributed by atoms with Gasteiger partial charge in [0.2, 0.25) is 0 Å². The summed E-state index contributed by atoms with van der Waals surface area (Å²) in [6.07, 6.45) is 0. The van der Waals surface area contributed by atoms with Crippen molar-refractivity contribution in [1.29, 1.82) is 0 Å². The van der Waals surface area contributed by atoms with Crippen molar-refractivity contribution >= 4 is 120 Å². The minimum Gasteiger partial charge on any atom is -0.310 e. The summed E-state index contributed by atoms with van der Waals surface area (Å²) in [6, 6.07) is 101. The zero-order valence-corrected chi connectivity index (χ0v) is 70.7. The van der Waals surface area contributed by atoms with Crippen molar-refractivity contribution in [2.24, 2.45) is 0 Å². The summed E-state index contributed by atoms with van der Waals surface area (Å²) >= 11 is 3.88. The van der Waals surface area contributed by atoms with Crippen molar-refractivity contribution in [3.63, 3.8) is 0 Å². The predicted octanol–water partition coefficient (Wildman–Crippen LogP) is 29.6. The van der Waals surface area contributed by atoms with Crippen LogP contribution in [0, 0.1) is 0 Å². The van der Waals surface area contributed by atoms with Gasteiger partial charge in [0.1, 0.15) is 0 Å². The lowest BCUT2D eigenvalue weighted by molar-refractivity contribution is 0.568. The highest BCUT2D eigenvalue weighted by Gasteiger charge is 2.47. The van der Waals surface area contributed by atoms with E-state index >= 15 is 0 Å². The number of hydrogen-bond acceptors (Lipinski definition) is 4. The van der Waals surface area contributed by atoms with Crippen molar-refractivity contribution in [1.82, 2.24) is 0 Å². The molecule has 0 amide bonds. The van der Waals surface area contributed by atoms with E-state index in [9.17, 15) is 0 Å². The molecule has 0 atom stereocenters. The Labute approximate surface area is 669 Å². The number of nitrogens with zero attached hydrogens (tertiary/aromatic N) is 2. The van der Waals surface area contributed by atoms with Gasteiger partial charge in [-0.1, -0.05) is 315 Å². The number of anilines is 6. The molecule has 2 aliphatic heterocycles. The predicted molar refractivity (Wildman–Crippen MR) is 490 cm³/mol. The first-order valence-electron chi connectivity index (χ1n) is 40.1. The minimum atomic E-state index is -0.317. The van der Waals surface area contributed by atoms with E-state index in [1.807, 2.05) is 22.7 Å². The van der Waals surface area contributed by atoms with Crippen molar-refractivity contribution in [2.45, 2.75) is 183 Å². The largest absolute Gasteiger partial charge is 0.310 e. The summed E-state index contributed by atoms with van der Waals surface area (Å²) in [5.41, 5.74) is 33.9. The number of thiophene rings is 2. The smallest absolute Gasteiger partial charge is 0.252 e. The first-order chi connectivity index (χ1) is 52.4. The zero-order valence-electron chi connectivity index (χ0n) is 69.0. The fourth-order valence-electron chi connectivity index (χ4n) is 17.1. The van der Waals surface area contributed by atoms with Crippen molar-refractivity contribution in [3.05, 3.63) is 294 Å². The Morgan fingerprint density at radius 3 is 0.757 bits per heavy atom. The number of hydrogen-bond donors (Lipinski definition) is 0. The van der Waals surface area contributed by atoms with Gasteiger partial charge in [-0.3, -0.25) is 0 Å². The molecule has 2 aromatic heterocycles. The highest BCUT2D eigenvalue weighted by atomic mass is 32.1. The molecule has 111 heavy (non-hydrogen) atoms. The number of rotatable bonds is 8. The highest BCUT2D eigenvalue weighted by Crippen LogP contribution is 2.57. The van der Waals surface area contributed by atoms with E-state index in [0.717, 1.165) is 0 Å². The Morgan fingerprint density at radius 2 is 0.477 bits per heavy atom. The van der Waals surface area contributed by atoms with E-state index in [1.165, 1.54) is 197 Å². The van der Waals surface area contributed by atoms with Crippen LogP contribution < -0.4 is 26.2 Å². The van der Waals surface area contributed by atoms with Gasteiger partial charge in [0.05, 0.1) is 11.4 Å². The summed E-state index contributed by atoms with van der Waals surface area (Å²) in [5, 5.41) is 5.09. The van der Waals surface area contributed by atoms with E-state index in [1.54, 1.807) is 0 Å².